The number of halogens is 1. The van der Waals surface area contributed by atoms with Gasteiger partial charge in [-0.05, 0) is 66.7 Å². The number of hydrogen-bond donors (Lipinski definition) is 4. The quantitative estimate of drug-likeness (QED) is 0.320. The number of carbonyl (C=O) groups excluding carboxylic acids is 2. The summed E-state index contributed by atoms with van der Waals surface area (Å²) in [7, 11) is 3.17. The predicted octanol–water partition coefficient (Wildman–Crippen LogP) is 4.14. The SMILES string of the molecule is CNC(=O)c1cc(Br)cc(-c2cccc(CN3O[C@@H](CO)[C@H]([C@H](C)O)[C@H]3C(=O)N[C@H]3C[C@H]4C[C@@H]([C@@H]3C)C4(C)C)c2OC)c1. The van der Waals surface area contributed by atoms with E-state index in [2.05, 4.69) is 47.3 Å². The van der Waals surface area contributed by atoms with E-state index >= 15 is 0 Å². The van der Waals surface area contributed by atoms with Crippen molar-refractivity contribution in [1.82, 2.24) is 15.7 Å². The molecule has 4 aliphatic rings. The highest BCUT2D eigenvalue weighted by atomic mass is 79.9. The summed E-state index contributed by atoms with van der Waals surface area (Å²) in [5.74, 6) is 1.06. The van der Waals surface area contributed by atoms with Gasteiger partial charge in [-0.25, -0.2) is 0 Å². The van der Waals surface area contributed by atoms with Gasteiger partial charge in [-0.15, -0.1) is 0 Å². The molecule has 234 valence electrons. The fourth-order valence-corrected chi connectivity index (χ4v) is 8.34. The van der Waals surface area contributed by atoms with E-state index in [4.69, 9.17) is 9.57 Å². The van der Waals surface area contributed by atoms with E-state index in [1.54, 1.807) is 38.3 Å². The van der Waals surface area contributed by atoms with Gasteiger partial charge < -0.3 is 25.6 Å². The van der Waals surface area contributed by atoms with Gasteiger partial charge in [0.1, 0.15) is 17.9 Å². The molecule has 4 fully saturated rings. The first kappa shape index (κ1) is 31.9. The number of aliphatic hydroxyl groups is 2. The normalized spacial score (nSPS) is 30.3. The summed E-state index contributed by atoms with van der Waals surface area (Å²) in [6.07, 6.45) is 0.530. The first-order valence-electron chi connectivity index (χ1n) is 15.1. The summed E-state index contributed by atoms with van der Waals surface area (Å²) in [5, 5.41) is 28.5. The van der Waals surface area contributed by atoms with Crippen molar-refractivity contribution in [3.63, 3.8) is 0 Å². The van der Waals surface area contributed by atoms with Crippen molar-refractivity contribution >= 4 is 27.7 Å². The summed E-state index contributed by atoms with van der Waals surface area (Å²) in [6.45, 7) is 8.38. The van der Waals surface area contributed by atoms with Crippen LogP contribution in [0.3, 0.4) is 0 Å². The highest BCUT2D eigenvalue weighted by Gasteiger charge is 2.57. The van der Waals surface area contributed by atoms with Crippen molar-refractivity contribution in [2.45, 2.75) is 71.4 Å². The molecular weight excluding hydrogens is 614 g/mol. The molecule has 1 aliphatic heterocycles. The number of hydroxylamine groups is 2. The molecule has 4 N–H and O–H groups in total. The van der Waals surface area contributed by atoms with Gasteiger partial charge in [-0.2, -0.15) is 5.06 Å². The van der Waals surface area contributed by atoms with Crippen LogP contribution in [0.25, 0.3) is 11.1 Å². The average molecular weight is 659 g/mol. The smallest absolute Gasteiger partial charge is 0.251 e. The van der Waals surface area contributed by atoms with Crippen LogP contribution in [0.1, 0.15) is 56.5 Å². The number of aliphatic hydroxyl groups excluding tert-OH is 2. The Morgan fingerprint density at radius 2 is 1.98 bits per heavy atom. The van der Waals surface area contributed by atoms with E-state index < -0.39 is 24.2 Å². The zero-order valence-corrected chi connectivity index (χ0v) is 27.3. The van der Waals surface area contributed by atoms with Gasteiger partial charge in [0.05, 0.1) is 26.4 Å². The Morgan fingerprint density at radius 1 is 1.23 bits per heavy atom. The third-order valence-electron chi connectivity index (χ3n) is 10.4. The maximum absolute atomic E-state index is 14.0. The van der Waals surface area contributed by atoms with Crippen LogP contribution in [0.2, 0.25) is 0 Å². The van der Waals surface area contributed by atoms with Crippen molar-refractivity contribution in [1.29, 1.82) is 0 Å². The largest absolute Gasteiger partial charge is 0.496 e. The Bertz CT molecular complexity index is 1370. The van der Waals surface area contributed by atoms with Gasteiger partial charge in [0.2, 0.25) is 5.91 Å². The van der Waals surface area contributed by atoms with Gasteiger partial charge in [0.25, 0.3) is 5.91 Å². The number of ether oxygens (including phenoxy) is 1. The molecule has 9 nitrogen and oxygen atoms in total. The monoisotopic (exact) mass is 657 g/mol. The first-order valence-corrected chi connectivity index (χ1v) is 15.9. The number of methoxy groups -OCH3 is 1. The molecule has 0 unspecified atom stereocenters. The van der Waals surface area contributed by atoms with Gasteiger partial charge in [0.15, 0.2) is 0 Å². The second-order valence-corrected chi connectivity index (χ2v) is 14.0. The molecular formula is C33H44BrN3O6. The molecule has 0 aromatic heterocycles. The topological polar surface area (TPSA) is 120 Å². The Balaban J connectivity index is 1.44. The number of nitrogens with zero attached hydrogens (tertiary/aromatic N) is 1. The maximum atomic E-state index is 14.0. The molecule has 1 saturated heterocycles. The van der Waals surface area contributed by atoms with Gasteiger partial charge >= 0.3 is 0 Å². The summed E-state index contributed by atoms with van der Waals surface area (Å²) < 4.78 is 6.65. The van der Waals surface area contributed by atoms with Crippen LogP contribution in [-0.4, -0.2) is 72.1 Å². The third-order valence-corrected chi connectivity index (χ3v) is 10.8. The van der Waals surface area contributed by atoms with Crippen molar-refractivity contribution in [2.24, 2.45) is 29.1 Å². The molecule has 2 amide bonds. The fourth-order valence-electron chi connectivity index (χ4n) is 7.85. The number of nitrogens with one attached hydrogen (secondary N) is 2. The molecule has 6 rings (SSSR count). The minimum atomic E-state index is -0.882. The lowest BCUT2D eigenvalue weighted by molar-refractivity contribution is -0.183. The Hall–Kier alpha value is -2.50. The Morgan fingerprint density at radius 3 is 2.58 bits per heavy atom. The number of fused-ring (bicyclic) bond motifs is 2. The standard InChI is InChI=1S/C33H44BrN3O6/c1-17-25-13-22(33(25,3)4)14-26(17)36-32(41)29-28(18(2)39)27(16-38)43-37(29)15-19-8-7-9-24(30(19)42-6)20-10-21(31(40)35-5)12-23(34)11-20/h7-12,17-18,22,25-29,38-39H,13-16H2,1-6H3,(H,35,40)(H,36,41)/t17-,18-,22+,25-,26-,27-,28-,29-/m0/s1. The number of hydrogen-bond acceptors (Lipinski definition) is 7. The van der Waals surface area contributed by atoms with Gasteiger partial charge in [-0.1, -0.05) is 54.9 Å². The molecule has 3 saturated carbocycles. The van der Waals surface area contributed by atoms with E-state index in [1.807, 2.05) is 24.3 Å². The lowest BCUT2D eigenvalue weighted by atomic mass is 9.45. The molecule has 10 heteroatoms. The lowest BCUT2D eigenvalue weighted by Crippen LogP contribution is -2.62. The highest BCUT2D eigenvalue weighted by Crippen LogP contribution is 2.61. The molecule has 2 aromatic carbocycles. The number of amides is 2. The molecule has 2 bridgehead atoms. The third kappa shape index (κ3) is 5.84. The van der Waals surface area contributed by atoms with Crippen LogP contribution in [-0.2, 0) is 16.2 Å². The summed E-state index contributed by atoms with van der Waals surface area (Å²) >= 11 is 3.52. The molecule has 3 aliphatic carbocycles. The van der Waals surface area contributed by atoms with E-state index in [-0.39, 0.29) is 31.0 Å². The molecule has 0 radical (unpaired) electrons. The number of carbonyl (C=O) groups is 2. The van der Waals surface area contributed by atoms with E-state index in [9.17, 15) is 19.8 Å². The lowest BCUT2D eigenvalue weighted by Gasteiger charge is -2.62. The maximum Gasteiger partial charge on any atom is 0.251 e. The first-order chi connectivity index (χ1) is 20.4. The van der Waals surface area contributed by atoms with Crippen LogP contribution in [0.4, 0.5) is 0 Å². The Labute approximate surface area is 262 Å². The second-order valence-electron chi connectivity index (χ2n) is 13.0. The summed E-state index contributed by atoms with van der Waals surface area (Å²) in [6, 6.07) is 10.4. The van der Waals surface area contributed by atoms with Crippen molar-refractivity contribution < 1.29 is 29.4 Å². The van der Waals surface area contributed by atoms with Crippen LogP contribution in [0.5, 0.6) is 5.75 Å². The van der Waals surface area contributed by atoms with Crippen LogP contribution >= 0.6 is 15.9 Å². The zero-order valence-electron chi connectivity index (χ0n) is 25.8. The number of para-hydroxylation sites is 1. The predicted molar refractivity (Wildman–Crippen MR) is 167 cm³/mol. The fraction of sp³-hybridized carbons (Fsp3) is 0.576. The average Bonchev–Trinajstić information content (AvgIpc) is 3.35. The van der Waals surface area contributed by atoms with Crippen molar-refractivity contribution in [2.75, 3.05) is 20.8 Å². The van der Waals surface area contributed by atoms with Crippen molar-refractivity contribution in [3.8, 4) is 16.9 Å². The molecule has 0 spiro atoms. The molecule has 2 aromatic rings. The van der Waals surface area contributed by atoms with Crippen LogP contribution < -0.4 is 15.4 Å². The van der Waals surface area contributed by atoms with Gasteiger partial charge in [0, 0.05) is 40.2 Å². The summed E-state index contributed by atoms with van der Waals surface area (Å²) in [4.78, 5) is 32.6. The van der Waals surface area contributed by atoms with Crippen LogP contribution in [0.15, 0.2) is 40.9 Å². The van der Waals surface area contributed by atoms with Crippen molar-refractivity contribution in [3.05, 3.63) is 52.0 Å². The molecule has 8 atom stereocenters. The second kappa shape index (κ2) is 12.5. The molecule has 1 heterocycles. The van der Waals surface area contributed by atoms with E-state index in [0.29, 0.717) is 34.5 Å². The Kier molecular flexibility index (Phi) is 9.26. The van der Waals surface area contributed by atoms with Crippen LogP contribution in [0, 0.1) is 29.1 Å². The highest BCUT2D eigenvalue weighted by molar-refractivity contribution is 9.10. The summed E-state index contributed by atoms with van der Waals surface area (Å²) in [5.41, 5.74) is 3.12. The molecule has 43 heavy (non-hydrogen) atoms. The van der Waals surface area contributed by atoms with E-state index in [0.717, 1.165) is 27.6 Å². The zero-order chi connectivity index (χ0) is 31.2. The minimum absolute atomic E-state index is 0.0536. The number of rotatable bonds is 9. The van der Waals surface area contributed by atoms with E-state index in [1.165, 1.54) is 6.42 Å². The van der Waals surface area contributed by atoms with Gasteiger partial charge in [-0.3, -0.25) is 14.4 Å². The number of benzene rings is 2. The minimum Gasteiger partial charge on any atom is -0.496 e.